The fourth-order valence-corrected chi connectivity index (χ4v) is 3.05. The standard InChI is InChI=1S/C15H25N3O2S/c1-14(2,3)20-13(19)18-7-5-15(4,11-18)10-16-9-12-17-6-8-21-12/h6,8,16H,5,7,9-11H2,1-4H3/t15-/m0/s1. The molecule has 0 aliphatic carbocycles. The summed E-state index contributed by atoms with van der Waals surface area (Å²) < 4.78 is 5.44. The number of carbonyl (C=O) groups excluding carboxylic acids is 1. The Labute approximate surface area is 130 Å². The number of likely N-dealkylation sites (tertiary alicyclic amines) is 1. The lowest BCUT2D eigenvalue weighted by Crippen LogP contribution is -2.39. The Morgan fingerprint density at radius 3 is 2.95 bits per heavy atom. The van der Waals surface area contributed by atoms with Gasteiger partial charge in [-0.2, -0.15) is 0 Å². The maximum atomic E-state index is 12.1. The minimum absolute atomic E-state index is 0.105. The number of nitrogens with zero attached hydrogens (tertiary/aromatic N) is 2. The lowest BCUT2D eigenvalue weighted by atomic mass is 9.90. The molecule has 5 nitrogen and oxygen atoms in total. The second-order valence-electron chi connectivity index (χ2n) is 6.99. The van der Waals surface area contributed by atoms with Crippen LogP contribution in [0.25, 0.3) is 0 Å². The van der Waals surface area contributed by atoms with E-state index < -0.39 is 5.60 Å². The number of thiazole rings is 1. The Hall–Kier alpha value is -1.14. The van der Waals surface area contributed by atoms with Gasteiger partial charge in [-0.1, -0.05) is 6.92 Å². The van der Waals surface area contributed by atoms with Crippen LogP contribution in [0.2, 0.25) is 0 Å². The Kier molecular flexibility index (Phi) is 4.88. The lowest BCUT2D eigenvalue weighted by Gasteiger charge is -2.27. The van der Waals surface area contributed by atoms with Crippen LogP contribution < -0.4 is 5.32 Å². The minimum Gasteiger partial charge on any atom is -0.444 e. The summed E-state index contributed by atoms with van der Waals surface area (Å²) in [5.41, 5.74) is -0.326. The molecule has 118 valence electrons. The van der Waals surface area contributed by atoms with E-state index in [0.29, 0.717) is 0 Å². The summed E-state index contributed by atoms with van der Waals surface area (Å²) in [6.07, 6.45) is 2.62. The second kappa shape index (κ2) is 6.32. The number of amides is 1. The van der Waals surface area contributed by atoms with E-state index in [0.717, 1.165) is 37.6 Å². The van der Waals surface area contributed by atoms with Crippen molar-refractivity contribution in [3.05, 3.63) is 16.6 Å². The van der Waals surface area contributed by atoms with Gasteiger partial charge in [0, 0.05) is 37.8 Å². The third-order valence-electron chi connectivity index (χ3n) is 3.52. The molecule has 2 rings (SSSR count). The molecule has 1 aromatic heterocycles. The van der Waals surface area contributed by atoms with E-state index in [9.17, 15) is 4.79 Å². The van der Waals surface area contributed by atoms with Crippen molar-refractivity contribution in [1.29, 1.82) is 0 Å². The van der Waals surface area contributed by atoms with Gasteiger partial charge in [0.25, 0.3) is 0 Å². The zero-order valence-corrected chi connectivity index (χ0v) is 14.1. The maximum Gasteiger partial charge on any atom is 0.410 e. The van der Waals surface area contributed by atoms with E-state index in [1.54, 1.807) is 11.3 Å². The molecule has 0 saturated carbocycles. The number of hydrogen-bond acceptors (Lipinski definition) is 5. The van der Waals surface area contributed by atoms with E-state index in [2.05, 4.69) is 17.2 Å². The number of nitrogens with one attached hydrogen (secondary N) is 1. The molecular weight excluding hydrogens is 286 g/mol. The Bertz CT molecular complexity index is 470. The molecule has 1 N–H and O–H groups in total. The molecular formula is C15H25N3O2S. The van der Waals surface area contributed by atoms with E-state index in [1.165, 1.54) is 0 Å². The van der Waals surface area contributed by atoms with Gasteiger partial charge in [-0.3, -0.25) is 0 Å². The van der Waals surface area contributed by atoms with Crippen LogP contribution in [0, 0.1) is 5.41 Å². The number of ether oxygens (including phenoxy) is 1. The van der Waals surface area contributed by atoms with Gasteiger partial charge in [0.2, 0.25) is 0 Å². The van der Waals surface area contributed by atoms with Crippen LogP contribution in [-0.4, -0.2) is 41.2 Å². The van der Waals surface area contributed by atoms with Gasteiger partial charge in [-0.05, 0) is 32.6 Å². The normalized spacial score (nSPS) is 22.6. The molecule has 1 saturated heterocycles. The van der Waals surface area contributed by atoms with Gasteiger partial charge in [0.15, 0.2) is 0 Å². The fraction of sp³-hybridized carbons (Fsp3) is 0.733. The van der Waals surface area contributed by atoms with Crippen molar-refractivity contribution in [2.75, 3.05) is 19.6 Å². The van der Waals surface area contributed by atoms with Crippen LogP contribution in [0.5, 0.6) is 0 Å². The van der Waals surface area contributed by atoms with Crippen molar-refractivity contribution in [3.8, 4) is 0 Å². The highest BCUT2D eigenvalue weighted by atomic mass is 32.1. The van der Waals surface area contributed by atoms with E-state index >= 15 is 0 Å². The Morgan fingerprint density at radius 1 is 1.57 bits per heavy atom. The minimum atomic E-state index is -0.431. The SMILES string of the molecule is CC(C)(C)OC(=O)N1CC[C@@](C)(CNCc2nccs2)C1. The van der Waals surface area contributed by atoms with Crippen LogP contribution in [0.15, 0.2) is 11.6 Å². The predicted octanol–water partition coefficient (Wildman–Crippen LogP) is 2.88. The number of carbonyl (C=O) groups is 1. The average molecular weight is 311 g/mol. The summed E-state index contributed by atoms with van der Waals surface area (Å²) in [6, 6.07) is 0. The second-order valence-corrected chi connectivity index (χ2v) is 7.97. The van der Waals surface area contributed by atoms with Crippen LogP contribution in [0.3, 0.4) is 0 Å². The summed E-state index contributed by atoms with van der Waals surface area (Å²) in [4.78, 5) is 18.2. The van der Waals surface area contributed by atoms with Gasteiger partial charge >= 0.3 is 6.09 Å². The Morgan fingerprint density at radius 2 is 2.33 bits per heavy atom. The molecule has 1 aliphatic heterocycles. The third kappa shape index (κ3) is 4.97. The quantitative estimate of drug-likeness (QED) is 0.929. The van der Waals surface area contributed by atoms with Gasteiger partial charge in [-0.25, -0.2) is 9.78 Å². The summed E-state index contributed by atoms with van der Waals surface area (Å²) in [7, 11) is 0. The molecule has 0 bridgehead atoms. The van der Waals surface area contributed by atoms with Crippen LogP contribution in [-0.2, 0) is 11.3 Å². The average Bonchev–Trinajstić information content (AvgIpc) is 2.97. The van der Waals surface area contributed by atoms with Crippen molar-refractivity contribution in [2.45, 2.75) is 46.3 Å². The molecule has 1 amide bonds. The molecule has 1 aliphatic rings. The van der Waals surface area contributed by atoms with Crippen molar-refractivity contribution in [2.24, 2.45) is 5.41 Å². The topological polar surface area (TPSA) is 54.5 Å². The molecule has 2 heterocycles. The maximum absolute atomic E-state index is 12.1. The lowest BCUT2D eigenvalue weighted by molar-refractivity contribution is 0.0275. The monoisotopic (exact) mass is 311 g/mol. The Balaban J connectivity index is 1.78. The molecule has 6 heteroatoms. The smallest absolute Gasteiger partial charge is 0.410 e. The first-order valence-electron chi connectivity index (χ1n) is 7.34. The number of rotatable bonds is 4. The van der Waals surface area contributed by atoms with E-state index in [1.807, 2.05) is 37.2 Å². The molecule has 0 spiro atoms. The highest BCUT2D eigenvalue weighted by molar-refractivity contribution is 7.09. The molecule has 21 heavy (non-hydrogen) atoms. The predicted molar refractivity (Wildman–Crippen MR) is 84.4 cm³/mol. The van der Waals surface area contributed by atoms with Gasteiger partial charge in [-0.15, -0.1) is 11.3 Å². The summed E-state index contributed by atoms with van der Waals surface area (Å²) in [6.45, 7) is 11.1. The summed E-state index contributed by atoms with van der Waals surface area (Å²) in [5, 5.41) is 6.53. The number of hydrogen-bond donors (Lipinski definition) is 1. The van der Waals surface area contributed by atoms with E-state index in [4.69, 9.17) is 4.74 Å². The molecule has 0 aromatic carbocycles. The van der Waals surface area contributed by atoms with Gasteiger partial charge in [0.1, 0.15) is 10.6 Å². The highest BCUT2D eigenvalue weighted by Gasteiger charge is 2.37. The zero-order valence-electron chi connectivity index (χ0n) is 13.3. The molecule has 1 aromatic rings. The summed E-state index contributed by atoms with van der Waals surface area (Å²) >= 11 is 1.66. The first kappa shape index (κ1) is 16.2. The van der Waals surface area contributed by atoms with Gasteiger partial charge < -0.3 is 15.0 Å². The first-order chi connectivity index (χ1) is 9.77. The number of aromatic nitrogens is 1. The zero-order chi connectivity index (χ0) is 15.5. The van der Waals surface area contributed by atoms with Crippen molar-refractivity contribution in [1.82, 2.24) is 15.2 Å². The third-order valence-corrected chi connectivity index (χ3v) is 4.30. The van der Waals surface area contributed by atoms with Crippen molar-refractivity contribution >= 4 is 17.4 Å². The largest absolute Gasteiger partial charge is 0.444 e. The van der Waals surface area contributed by atoms with Crippen LogP contribution >= 0.6 is 11.3 Å². The molecule has 0 unspecified atom stereocenters. The highest BCUT2D eigenvalue weighted by Crippen LogP contribution is 2.30. The van der Waals surface area contributed by atoms with Crippen molar-refractivity contribution in [3.63, 3.8) is 0 Å². The molecule has 1 atom stereocenters. The van der Waals surface area contributed by atoms with E-state index in [-0.39, 0.29) is 11.5 Å². The van der Waals surface area contributed by atoms with Crippen LogP contribution in [0.1, 0.15) is 39.1 Å². The molecule has 1 fully saturated rings. The molecule has 0 radical (unpaired) electrons. The van der Waals surface area contributed by atoms with Crippen LogP contribution in [0.4, 0.5) is 4.79 Å². The van der Waals surface area contributed by atoms with Crippen molar-refractivity contribution < 1.29 is 9.53 Å². The summed E-state index contributed by atoms with van der Waals surface area (Å²) in [5.74, 6) is 0. The first-order valence-corrected chi connectivity index (χ1v) is 8.22. The fourth-order valence-electron chi connectivity index (χ4n) is 2.46. The van der Waals surface area contributed by atoms with Gasteiger partial charge in [0.05, 0.1) is 0 Å².